The molecule has 4 rings (SSSR count). The molecule has 0 bridgehead atoms. The molecule has 2 aromatic heterocycles. The number of hydrogen-bond acceptors (Lipinski definition) is 7. The van der Waals surface area contributed by atoms with Crippen LogP contribution in [0.1, 0.15) is 26.5 Å². The number of rotatable bonds is 5. The van der Waals surface area contributed by atoms with Gasteiger partial charge < -0.3 is 15.1 Å². The summed E-state index contributed by atoms with van der Waals surface area (Å²) < 4.78 is 0. The maximum Gasteiger partial charge on any atom is 0.196 e. The number of anilines is 3. The highest BCUT2D eigenvalue weighted by Gasteiger charge is 2.19. The predicted octanol–water partition coefficient (Wildman–Crippen LogP) is 4.14. The quantitative estimate of drug-likeness (QED) is 0.597. The lowest BCUT2D eigenvalue weighted by molar-refractivity contribution is 0.312. The van der Waals surface area contributed by atoms with Crippen molar-refractivity contribution in [2.45, 2.75) is 36.2 Å². The first-order valence-electron chi connectivity index (χ1n) is 10.3. The maximum absolute atomic E-state index is 4.85. The highest BCUT2D eigenvalue weighted by atomic mass is 32.2. The molecule has 1 fully saturated rings. The summed E-state index contributed by atoms with van der Waals surface area (Å²) in [4.78, 5) is 15.4. The van der Waals surface area contributed by atoms with Crippen LogP contribution >= 0.6 is 11.8 Å². The van der Waals surface area contributed by atoms with Gasteiger partial charge in [0.25, 0.3) is 0 Å². The predicted molar refractivity (Wildman–Crippen MR) is 123 cm³/mol. The Morgan fingerprint density at radius 2 is 1.70 bits per heavy atom. The second-order valence-corrected chi connectivity index (χ2v) is 9.68. The van der Waals surface area contributed by atoms with Gasteiger partial charge in [-0.1, -0.05) is 39.0 Å². The number of aromatic amines is 1. The zero-order valence-corrected chi connectivity index (χ0v) is 18.8. The van der Waals surface area contributed by atoms with Crippen molar-refractivity contribution in [3.8, 4) is 0 Å². The summed E-state index contributed by atoms with van der Waals surface area (Å²) in [5.74, 6) is 2.47. The van der Waals surface area contributed by atoms with Gasteiger partial charge in [-0.05, 0) is 30.9 Å². The molecule has 0 atom stereocenters. The van der Waals surface area contributed by atoms with Gasteiger partial charge in [-0.2, -0.15) is 5.10 Å². The second kappa shape index (κ2) is 8.65. The Morgan fingerprint density at radius 1 is 0.967 bits per heavy atom. The van der Waals surface area contributed by atoms with Gasteiger partial charge in [0.2, 0.25) is 0 Å². The SMILES string of the molecule is CN1CCN(c2cc(Nc3cc(C(C)(C)C)[nH]n3)nc(Sc3ccccc3)n2)CC1. The Hall–Kier alpha value is -2.58. The molecule has 0 amide bonds. The number of benzene rings is 1. The largest absolute Gasteiger partial charge is 0.354 e. The fraction of sp³-hybridized carbons (Fsp3) is 0.409. The molecule has 3 heterocycles. The first-order valence-corrected chi connectivity index (χ1v) is 11.1. The monoisotopic (exact) mass is 423 g/mol. The number of piperazine rings is 1. The van der Waals surface area contributed by atoms with Gasteiger partial charge in [0.15, 0.2) is 11.0 Å². The van der Waals surface area contributed by atoms with Crippen molar-refractivity contribution in [2.75, 3.05) is 43.4 Å². The summed E-state index contributed by atoms with van der Waals surface area (Å²) in [6, 6.07) is 14.3. The molecule has 1 saturated heterocycles. The van der Waals surface area contributed by atoms with Crippen LogP contribution in [0.5, 0.6) is 0 Å². The molecule has 1 aliphatic rings. The molecule has 0 aliphatic carbocycles. The van der Waals surface area contributed by atoms with Crippen LogP contribution in [0.15, 0.2) is 52.5 Å². The third-order valence-electron chi connectivity index (χ3n) is 5.11. The lowest BCUT2D eigenvalue weighted by Crippen LogP contribution is -2.44. The molecule has 158 valence electrons. The van der Waals surface area contributed by atoms with Crippen LogP contribution in [-0.4, -0.2) is 58.3 Å². The highest BCUT2D eigenvalue weighted by molar-refractivity contribution is 7.99. The molecule has 7 nitrogen and oxygen atoms in total. The Balaban J connectivity index is 1.62. The molecule has 2 N–H and O–H groups in total. The molecular formula is C22H29N7S. The van der Waals surface area contributed by atoms with Crippen LogP contribution in [0.4, 0.5) is 17.5 Å². The number of hydrogen-bond donors (Lipinski definition) is 2. The topological polar surface area (TPSA) is 73.0 Å². The summed E-state index contributed by atoms with van der Waals surface area (Å²) in [7, 11) is 2.16. The fourth-order valence-corrected chi connectivity index (χ4v) is 4.00. The fourth-order valence-electron chi connectivity index (χ4n) is 3.22. The van der Waals surface area contributed by atoms with Crippen LogP contribution in [-0.2, 0) is 5.41 Å². The number of likely N-dealkylation sites (N-methyl/N-ethyl adjacent to an activating group) is 1. The van der Waals surface area contributed by atoms with Gasteiger partial charge in [-0.25, -0.2) is 9.97 Å². The highest BCUT2D eigenvalue weighted by Crippen LogP contribution is 2.30. The minimum atomic E-state index is 0.0118. The van der Waals surface area contributed by atoms with Gasteiger partial charge in [-0.3, -0.25) is 5.10 Å². The Labute approximate surface area is 182 Å². The van der Waals surface area contributed by atoms with Gasteiger partial charge in [0, 0.05) is 54.3 Å². The van der Waals surface area contributed by atoms with E-state index >= 15 is 0 Å². The summed E-state index contributed by atoms with van der Waals surface area (Å²) in [5.41, 5.74) is 1.09. The summed E-state index contributed by atoms with van der Waals surface area (Å²) >= 11 is 1.57. The average molecular weight is 424 g/mol. The molecule has 1 aromatic carbocycles. The van der Waals surface area contributed by atoms with Crippen molar-refractivity contribution < 1.29 is 0 Å². The number of nitrogens with one attached hydrogen (secondary N) is 2. The van der Waals surface area contributed by atoms with Gasteiger partial charge in [-0.15, -0.1) is 0 Å². The third kappa shape index (κ3) is 5.12. The zero-order chi connectivity index (χ0) is 21.1. The smallest absolute Gasteiger partial charge is 0.196 e. The second-order valence-electron chi connectivity index (χ2n) is 8.64. The van der Waals surface area contributed by atoms with Crippen LogP contribution in [0.3, 0.4) is 0 Å². The van der Waals surface area contributed by atoms with E-state index in [1.807, 2.05) is 30.3 Å². The average Bonchev–Trinajstić information content (AvgIpc) is 3.18. The van der Waals surface area contributed by atoms with E-state index in [9.17, 15) is 0 Å². The molecule has 0 radical (unpaired) electrons. The molecule has 8 heteroatoms. The van der Waals surface area contributed by atoms with E-state index in [-0.39, 0.29) is 5.41 Å². The van der Waals surface area contributed by atoms with Crippen LogP contribution < -0.4 is 10.2 Å². The van der Waals surface area contributed by atoms with Crippen molar-refractivity contribution in [3.63, 3.8) is 0 Å². The Kier molecular flexibility index (Phi) is 5.97. The number of nitrogens with zero attached hydrogens (tertiary/aromatic N) is 5. The van der Waals surface area contributed by atoms with Gasteiger partial charge >= 0.3 is 0 Å². The van der Waals surface area contributed by atoms with Crippen molar-refractivity contribution in [1.29, 1.82) is 0 Å². The molecule has 0 unspecified atom stereocenters. The van der Waals surface area contributed by atoms with Crippen LogP contribution in [0.2, 0.25) is 0 Å². The molecule has 1 aliphatic heterocycles. The van der Waals surface area contributed by atoms with E-state index in [0.717, 1.165) is 59.4 Å². The van der Waals surface area contributed by atoms with Crippen molar-refractivity contribution in [1.82, 2.24) is 25.1 Å². The molecular weight excluding hydrogens is 394 g/mol. The normalized spacial score (nSPS) is 15.4. The molecule has 0 saturated carbocycles. The van der Waals surface area contributed by atoms with E-state index in [4.69, 9.17) is 9.97 Å². The van der Waals surface area contributed by atoms with E-state index in [1.54, 1.807) is 11.8 Å². The lowest BCUT2D eigenvalue weighted by atomic mass is 9.92. The number of aromatic nitrogens is 4. The minimum absolute atomic E-state index is 0.0118. The van der Waals surface area contributed by atoms with Crippen molar-refractivity contribution in [3.05, 3.63) is 48.2 Å². The van der Waals surface area contributed by atoms with Gasteiger partial charge in [0.05, 0.1) is 0 Å². The van der Waals surface area contributed by atoms with E-state index in [1.165, 1.54) is 0 Å². The van der Waals surface area contributed by atoms with Gasteiger partial charge in [0.1, 0.15) is 11.6 Å². The van der Waals surface area contributed by atoms with Crippen molar-refractivity contribution in [2.24, 2.45) is 0 Å². The minimum Gasteiger partial charge on any atom is -0.354 e. The third-order valence-corrected chi connectivity index (χ3v) is 5.99. The first kappa shape index (κ1) is 20.7. The summed E-state index contributed by atoms with van der Waals surface area (Å²) in [6.45, 7) is 10.5. The van der Waals surface area contributed by atoms with E-state index in [0.29, 0.717) is 0 Å². The standard InChI is InChI=1S/C22H29N7S/c1-22(2,3)17-14-19(27-26-17)23-18-15-20(29-12-10-28(4)11-13-29)25-21(24-18)30-16-8-6-5-7-9-16/h5-9,14-15H,10-13H2,1-4H3,(H2,23,24,25,26,27). The molecule has 0 spiro atoms. The van der Waals surface area contributed by atoms with Crippen molar-refractivity contribution >= 4 is 29.2 Å². The molecule has 3 aromatic rings. The Morgan fingerprint density at radius 3 is 2.37 bits per heavy atom. The van der Waals surface area contributed by atoms with E-state index < -0.39 is 0 Å². The number of H-pyrrole nitrogens is 1. The van der Waals surface area contributed by atoms with Crippen LogP contribution in [0, 0.1) is 0 Å². The first-order chi connectivity index (χ1) is 14.4. The van der Waals surface area contributed by atoms with Crippen LogP contribution in [0.25, 0.3) is 0 Å². The maximum atomic E-state index is 4.85. The summed E-state index contributed by atoms with van der Waals surface area (Å²) in [5, 5.41) is 11.6. The molecule has 30 heavy (non-hydrogen) atoms. The zero-order valence-electron chi connectivity index (χ0n) is 18.0. The Bertz CT molecular complexity index is 973. The lowest BCUT2D eigenvalue weighted by Gasteiger charge is -2.33. The van der Waals surface area contributed by atoms with E-state index in [2.05, 4.69) is 65.3 Å². The summed E-state index contributed by atoms with van der Waals surface area (Å²) in [6.07, 6.45) is 0.